The highest BCUT2D eigenvalue weighted by Gasteiger charge is 2.73. The van der Waals surface area contributed by atoms with E-state index in [4.69, 9.17) is 9.47 Å². The molecule has 0 amide bonds. The lowest BCUT2D eigenvalue weighted by molar-refractivity contribution is -0.361. The Morgan fingerprint density at radius 3 is 2.34 bits per heavy atom. The molecule has 29 heavy (non-hydrogen) atoms. The summed E-state index contributed by atoms with van der Waals surface area (Å²) in [6, 6.07) is -3.02. The Bertz CT molecular complexity index is 757. The zero-order valence-corrected chi connectivity index (χ0v) is 16.9. The van der Waals surface area contributed by atoms with Crippen LogP contribution in [-0.4, -0.2) is 50.7 Å². The van der Waals surface area contributed by atoms with Crippen molar-refractivity contribution in [2.75, 3.05) is 20.3 Å². The minimum Gasteiger partial charge on any atom is -0.493 e. The smallest absolute Gasteiger partial charge is 0.462 e. The molecule has 0 radical (unpaired) electrons. The number of nitrogens with zero attached hydrogens (tertiary/aromatic N) is 1. The van der Waals surface area contributed by atoms with Gasteiger partial charge in [0.1, 0.15) is 0 Å². The van der Waals surface area contributed by atoms with Gasteiger partial charge in [0.15, 0.2) is 18.1 Å². The summed E-state index contributed by atoms with van der Waals surface area (Å²) in [6.45, 7) is 0.998. The van der Waals surface area contributed by atoms with Crippen LogP contribution in [0.2, 0.25) is 0 Å². The number of hydrazone groups is 1. The standard InChI is InChI=1S/C15H14F7IN2O4/c1-3-28-11(26)7-29-12-8(4-9(23)5-10(12)27-2)6-24-25-15(21,22)13(16,17)14(18,19)20/h4-6,25H,3,7H2,1-2H3/b24-6-. The van der Waals surface area contributed by atoms with E-state index in [1.165, 1.54) is 19.2 Å². The first-order valence-electron chi connectivity index (χ1n) is 7.55. The maximum atomic E-state index is 13.3. The van der Waals surface area contributed by atoms with Crippen LogP contribution in [0.3, 0.4) is 0 Å². The maximum Gasteiger partial charge on any atom is 0.462 e. The highest BCUT2D eigenvalue weighted by Crippen LogP contribution is 2.45. The Morgan fingerprint density at radius 1 is 1.21 bits per heavy atom. The van der Waals surface area contributed by atoms with Crippen molar-refractivity contribution in [1.82, 2.24) is 5.43 Å². The second-order valence-corrected chi connectivity index (χ2v) is 6.38. The zero-order valence-electron chi connectivity index (χ0n) is 14.8. The summed E-state index contributed by atoms with van der Waals surface area (Å²) in [5.41, 5.74) is 0.357. The number of carbonyl (C=O) groups excluding carboxylic acids is 1. The van der Waals surface area contributed by atoms with Gasteiger partial charge in [0.2, 0.25) is 0 Å². The molecule has 0 aliphatic carbocycles. The number of ether oxygens (including phenoxy) is 3. The molecule has 0 aliphatic heterocycles. The summed E-state index contributed by atoms with van der Waals surface area (Å²) >= 11 is 1.79. The van der Waals surface area contributed by atoms with E-state index in [1.54, 1.807) is 29.5 Å². The fourth-order valence-electron chi connectivity index (χ4n) is 1.76. The molecule has 0 unspecified atom stereocenters. The number of carbonyl (C=O) groups is 1. The fraction of sp³-hybridized carbons (Fsp3) is 0.467. The Kier molecular flexibility index (Phi) is 8.35. The van der Waals surface area contributed by atoms with Crippen LogP contribution in [0.1, 0.15) is 12.5 Å². The number of hydrogen-bond donors (Lipinski definition) is 1. The predicted molar refractivity (Wildman–Crippen MR) is 94.5 cm³/mol. The minimum absolute atomic E-state index is 0.0232. The van der Waals surface area contributed by atoms with E-state index in [-0.39, 0.29) is 23.7 Å². The largest absolute Gasteiger partial charge is 0.493 e. The highest BCUT2D eigenvalue weighted by atomic mass is 127. The van der Waals surface area contributed by atoms with Gasteiger partial charge in [-0.15, -0.1) is 0 Å². The van der Waals surface area contributed by atoms with Gasteiger partial charge in [0.05, 0.1) is 19.9 Å². The van der Waals surface area contributed by atoms with Crippen molar-refractivity contribution in [3.63, 3.8) is 0 Å². The fourth-order valence-corrected chi connectivity index (χ4v) is 2.37. The first-order chi connectivity index (χ1) is 13.3. The number of methoxy groups -OCH3 is 1. The van der Waals surface area contributed by atoms with Crippen LogP contribution in [0.15, 0.2) is 17.2 Å². The monoisotopic (exact) mass is 546 g/mol. The minimum atomic E-state index is -6.50. The highest BCUT2D eigenvalue weighted by molar-refractivity contribution is 14.1. The number of rotatable bonds is 9. The molecule has 0 aliphatic rings. The van der Waals surface area contributed by atoms with Crippen molar-refractivity contribution < 1.29 is 49.7 Å². The van der Waals surface area contributed by atoms with E-state index in [9.17, 15) is 35.5 Å². The normalized spacial score (nSPS) is 12.8. The summed E-state index contributed by atoms with van der Waals surface area (Å²) in [5, 5.41) is 2.77. The Labute approximate surface area is 173 Å². The van der Waals surface area contributed by atoms with Gasteiger partial charge < -0.3 is 14.2 Å². The van der Waals surface area contributed by atoms with Crippen molar-refractivity contribution in [2.45, 2.75) is 25.1 Å². The first-order valence-corrected chi connectivity index (χ1v) is 8.63. The third kappa shape index (κ3) is 6.24. The Hall–Kier alpha value is -2.00. The number of halogens is 8. The van der Waals surface area contributed by atoms with E-state index in [0.717, 1.165) is 0 Å². The van der Waals surface area contributed by atoms with Gasteiger partial charge in [-0.2, -0.15) is 35.8 Å². The maximum absolute atomic E-state index is 13.3. The summed E-state index contributed by atoms with van der Waals surface area (Å²) in [7, 11) is 1.22. The molecule has 0 spiro atoms. The van der Waals surface area contributed by atoms with Gasteiger partial charge in [-0.3, -0.25) is 0 Å². The average Bonchev–Trinajstić information content (AvgIpc) is 2.59. The zero-order chi connectivity index (χ0) is 22.5. The van der Waals surface area contributed by atoms with E-state index in [1.807, 2.05) is 0 Å². The molecule has 1 rings (SSSR count). The Balaban J connectivity index is 3.14. The summed E-state index contributed by atoms with van der Waals surface area (Å²) in [5.74, 6) is -7.32. The third-order valence-corrected chi connectivity index (χ3v) is 3.69. The summed E-state index contributed by atoms with van der Waals surface area (Å²) < 4.78 is 104. The molecular formula is C15H14F7IN2O4. The van der Waals surface area contributed by atoms with Crippen molar-refractivity contribution in [1.29, 1.82) is 0 Å². The SMILES string of the molecule is CCOC(=O)COc1c(/C=N\NC(F)(F)C(F)(F)C(F)(F)F)cc(I)cc1OC. The van der Waals surface area contributed by atoms with Crippen LogP contribution in [0.4, 0.5) is 30.7 Å². The third-order valence-electron chi connectivity index (χ3n) is 3.07. The molecule has 0 saturated carbocycles. The predicted octanol–water partition coefficient (Wildman–Crippen LogP) is 3.96. The van der Waals surface area contributed by atoms with Crippen LogP contribution in [0.25, 0.3) is 0 Å². The number of nitrogens with one attached hydrogen (secondary N) is 1. The van der Waals surface area contributed by atoms with Gasteiger partial charge in [-0.25, -0.2) is 10.2 Å². The van der Waals surface area contributed by atoms with Crippen LogP contribution in [-0.2, 0) is 9.53 Å². The van der Waals surface area contributed by atoms with E-state index >= 15 is 0 Å². The van der Waals surface area contributed by atoms with Crippen LogP contribution in [0.5, 0.6) is 11.5 Å². The van der Waals surface area contributed by atoms with Gasteiger partial charge in [-0.1, -0.05) is 0 Å². The lowest BCUT2D eigenvalue weighted by Gasteiger charge is -2.27. The van der Waals surface area contributed by atoms with Crippen molar-refractivity contribution in [3.05, 3.63) is 21.3 Å². The first kappa shape index (κ1) is 25.0. The van der Waals surface area contributed by atoms with Crippen LogP contribution >= 0.6 is 22.6 Å². The quantitative estimate of drug-likeness (QED) is 0.127. The van der Waals surface area contributed by atoms with Gasteiger partial charge in [-0.05, 0) is 41.6 Å². The van der Waals surface area contributed by atoms with E-state index in [0.29, 0.717) is 15.2 Å². The molecule has 1 aromatic rings. The molecule has 1 N–H and O–H groups in total. The van der Waals surface area contributed by atoms with Crippen LogP contribution in [0, 0.1) is 3.57 Å². The van der Waals surface area contributed by atoms with E-state index in [2.05, 4.69) is 9.84 Å². The number of benzene rings is 1. The van der Waals surface area contributed by atoms with Crippen molar-refractivity contribution >= 4 is 34.8 Å². The number of esters is 1. The molecule has 0 fully saturated rings. The molecule has 0 saturated heterocycles. The molecular weight excluding hydrogens is 532 g/mol. The lowest BCUT2D eigenvalue weighted by Crippen LogP contribution is -2.58. The van der Waals surface area contributed by atoms with Crippen LogP contribution < -0.4 is 14.9 Å². The molecule has 14 heteroatoms. The van der Waals surface area contributed by atoms with Gasteiger partial charge >= 0.3 is 24.1 Å². The summed E-state index contributed by atoms with van der Waals surface area (Å²) in [6.07, 6.45) is -5.98. The molecule has 0 bridgehead atoms. The van der Waals surface area contributed by atoms with Crippen molar-refractivity contribution in [2.24, 2.45) is 5.10 Å². The lowest BCUT2D eigenvalue weighted by atomic mass is 10.2. The average molecular weight is 546 g/mol. The molecule has 164 valence electrons. The van der Waals surface area contributed by atoms with Crippen molar-refractivity contribution in [3.8, 4) is 11.5 Å². The number of hydrogen-bond acceptors (Lipinski definition) is 6. The molecule has 1 aromatic carbocycles. The molecule has 6 nitrogen and oxygen atoms in total. The topological polar surface area (TPSA) is 69.2 Å². The second-order valence-electron chi connectivity index (χ2n) is 5.14. The molecule has 0 atom stereocenters. The second kappa shape index (κ2) is 9.67. The Morgan fingerprint density at radius 2 is 1.83 bits per heavy atom. The van der Waals surface area contributed by atoms with Gasteiger partial charge in [0.25, 0.3) is 0 Å². The van der Waals surface area contributed by atoms with Gasteiger partial charge in [0, 0.05) is 9.13 Å². The summed E-state index contributed by atoms with van der Waals surface area (Å²) in [4.78, 5) is 11.4. The number of alkyl halides is 7. The molecule has 0 aromatic heterocycles. The molecule has 0 heterocycles. The van der Waals surface area contributed by atoms with E-state index < -0.39 is 30.7 Å².